The molecule has 2 nitrogen and oxygen atoms in total. The smallest absolute Gasteiger partial charge is 0.146 e. The molecule has 0 N–H and O–H groups in total. The summed E-state index contributed by atoms with van der Waals surface area (Å²) in [5.41, 5.74) is 0. The zero-order valence-electron chi connectivity index (χ0n) is 8.53. The fraction of sp³-hybridized carbons (Fsp3) is 0.0909. The second-order valence-electron chi connectivity index (χ2n) is 3.17. The highest BCUT2D eigenvalue weighted by Crippen LogP contribution is 2.22. The Labute approximate surface area is 121 Å². The summed E-state index contributed by atoms with van der Waals surface area (Å²) in [4.78, 5) is 9.31. The first-order chi connectivity index (χ1) is 8.15. The van der Waals surface area contributed by atoms with Crippen LogP contribution in [0.15, 0.2) is 35.4 Å². The van der Waals surface area contributed by atoms with Crippen LogP contribution in [0, 0.1) is 9.39 Å². The van der Waals surface area contributed by atoms with Crippen LogP contribution in [0.1, 0.15) is 5.82 Å². The second kappa shape index (κ2) is 5.97. The molecule has 0 aliphatic carbocycles. The van der Waals surface area contributed by atoms with Crippen molar-refractivity contribution < 1.29 is 4.39 Å². The summed E-state index contributed by atoms with van der Waals surface area (Å²) in [6, 6.07) is 6.33. The molecule has 0 amide bonds. The number of thioether (sulfide) groups is 1. The van der Waals surface area contributed by atoms with Crippen molar-refractivity contribution in [2.24, 2.45) is 0 Å². The highest BCUT2D eigenvalue weighted by Gasteiger charge is 2.03. The predicted molar refractivity (Wildman–Crippen MR) is 75.7 cm³/mol. The summed E-state index contributed by atoms with van der Waals surface area (Å²) in [5.74, 6) is 1.05. The molecule has 2 rings (SSSR count). The summed E-state index contributed by atoms with van der Waals surface area (Å²) in [6.45, 7) is 0. The zero-order chi connectivity index (χ0) is 12.3. The van der Waals surface area contributed by atoms with Crippen LogP contribution in [0.4, 0.5) is 4.39 Å². The molecule has 0 unspecified atom stereocenters. The van der Waals surface area contributed by atoms with Crippen molar-refractivity contribution in [3.63, 3.8) is 0 Å². The minimum Gasteiger partial charge on any atom is -0.239 e. The molecule has 0 spiro atoms. The van der Waals surface area contributed by atoms with Crippen molar-refractivity contribution in [2.45, 2.75) is 10.6 Å². The van der Waals surface area contributed by atoms with Crippen molar-refractivity contribution in [3.8, 4) is 0 Å². The number of nitrogens with zero attached hydrogens (tertiary/aromatic N) is 2. The van der Waals surface area contributed by atoms with Crippen molar-refractivity contribution in [2.75, 3.05) is 0 Å². The second-order valence-corrected chi connectivity index (χ2v) is 5.74. The Bertz CT molecular complexity index is 521. The van der Waals surface area contributed by atoms with Gasteiger partial charge >= 0.3 is 0 Å². The van der Waals surface area contributed by atoms with Gasteiger partial charge in [-0.05, 0) is 46.9 Å². The van der Waals surface area contributed by atoms with Crippen LogP contribution in [-0.2, 0) is 5.75 Å². The van der Waals surface area contributed by atoms with Gasteiger partial charge in [-0.3, -0.25) is 0 Å². The first-order valence-corrected chi connectivity index (χ1v) is 7.14. The van der Waals surface area contributed by atoms with E-state index in [-0.39, 0.29) is 5.82 Å². The molecule has 1 aromatic heterocycles. The standard InChI is InChI=1S/C11H7ClFIN2S/c12-11-9(14)5-15-10(16-11)6-17-8-3-1-7(13)2-4-8/h1-5H,6H2. The quantitative estimate of drug-likeness (QED) is 0.454. The maximum absolute atomic E-state index is 12.7. The highest BCUT2D eigenvalue weighted by atomic mass is 127. The van der Waals surface area contributed by atoms with Crippen LogP contribution < -0.4 is 0 Å². The first kappa shape index (κ1) is 13.0. The number of hydrogen-bond acceptors (Lipinski definition) is 3. The molecule has 88 valence electrons. The normalized spacial score (nSPS) is 10.5. The maximum Gasteiger partial charge on any atom is 0.146 e. The Hall–Kier alpha value is -0.400. The van der Waals surface area contributed by atoms with E-state index in [9.17, 15) is 4.39 Å². The number of hydrogen-bond donors (Lipinski definition) is 0. The molecule has 0 radical (unpaired) electrons. The minimum atomic E-state index is -0.233. The lowest BCUT2D eigenvalue weighted by Gasteiger charge is -2.02. The van der Waals surface area contributed by atoms with Crippen LogP contribution in [0.25, 0.3) is 0 Å². The molecular weight excluding hydrogens is 374 g/mol. The summed E-state index contributed by atoms with van der Waals surface area (Å²) in [5, 5.41) is 0.468. The maximum atomic E-state index is 12.7. The van der Waals surface area contributed by atoms with Crippen molar-refractivity contribution in [1.29, 1.82) is 0 Å². The highest BCUT2D eigenvalue weighted by molar-refractivity contribution is 14.1. The van der Waals surface area contributed by atoms with Gasteiger partial charge in [-0.25, -0.2) is 14.4 Å². The lowest BCUT2D eigenvalue weighted by atomic mass is 10.4. The van der Waals surface area contributed by atoms with Gasteiger partial charge in [0.1, 0.15) is 16.8 Å². The van der Waals surface area contributed by atoms with Crippen molar-refractivity contribution >= 4 is 46.0 Å². The van der Waals surface area contributed by atoms with Gasteiger partial charge < -0.3 is 0 Å². The van der Waals surface area contributed by atoms with E-state index in [1.54, 1.807) is 30.1 Å². The van der Waals surface area contributed by atoms with E-state index in [2.05, 4.69) is 32.6 Å². The molecule has 0 aliphatic rings. The lowest BCUT2D eigenvalue weighted by Crippen LogP contribution is -1.94. The average Bonchev–Trinajstić information content (AvgIpc) is 2.33. The van der Waals surface area contributed by atoms with Crippen molar-refractivity contribution in [1.82, 2.24) is 9.97 Å². The minimum absolute atomic E-state index is 0.233. The zero-order valence-corrected chi connectivity index (χ0v) is 12.3. The first-order valence-electron chi connectivity index (χ1n) is 4.70. The molecule has 6 heteroatoms. The third-order valence-electron chi connectivity index (χ3n) is 1.93. The van der Waals surface area contributed by atoms with Crippen LogP contribution in [0.3, 0.4) is 0 Å². The number of aromatic nitrogens is 2. The Kier molecular flexibility index (Phi) is 4.58. The van der Waals surface area contributed by atoms with Crippen LogP contribution >= 0.6 is 46.0 Å². The average molecular weight is 381 g/mol. The van der Waals surface area contributed by atoms with Gasteiger partial charge in [0, 0.05) is 11.1 Å². The van der Waals surface area contributed by atoms with E-state index in [1.807, 2.05) is 0 Å². The van der Waals surface area contributed by atoms with E-state index in [0.29, 0.717) is 16.7 Å². The summed E-state index contributed by atoms with van der Waals surface area (Å²) >= 11 is 9.52. The molecule has 0 atom stereocenters. The van der Waals surface area contributed by atoms with E-state index in [1.165, 1.54) is 12.1 Å². The Morgan fingerprint density at radius 3 is 2.65 bits per heavy atom. The topological polar surface area (TPSA) is 25.8 Å². The van der Waals surface area contributed by atoms with E-state index in [4.69, 9.17) is 11.6 Å². The third kappa shape index (κ3) is 3.79. The molecule has 0 saturated carbocycles. The van der Waals surface area contributed by atoms with Gasteiger partial charge in [0.2, 0.25) is 0 Å². The number of rotatable bonds is 3. The monoisotopic (exact) mass is 380 g/mol. The van der Waals surface area contributed by atoms with Gasteiger partial charge in [0.05, 0.1) is 9.32 Å². The van der Waals surface area contributed by atoms with E-state index >= 15 is 0 Å². The van der Waals surface area contributed by atoms with E-state index in [0.717, 1.165) is 8.47 Å². The number of benzene rings is 1. The van der Waals surface area contributed by atoms with Gasteiger partial charge in [-0.1, -0.05) is 11.6 Å². The molecular formula is C11H7ClFIN2S. The summed E-state index contributed by atoms with van der Waals surface area (Å²) in [6.07, 6.45) is 1.69. The van der Waals surface area contributed by atoms with E-state index < -0.39 is 0 Å². The van der Waals surface area contributed by atoms with Gasteiger partial charge in [0.25, 0.3) is 0 Å². The van der Waals surface area contributed by atoms with Gasteiger partial charge in [0.15, 0.2) is 0 Å². The molecule has 0 aliphatic heterocycles. The molecule has 0 saturated heterocycles. The Morgan fingerprint density at radius 2 is 2.00 bits per heavy atom. The predicted octanol–water partition coefficient (Wildman–Crippen LogP) is 4.17. The largest absolute Gasteiger partial charge is 0.239 e. The molecule has 1 aromatic carbocycles. The molecule has 0 fully saturated rings. The Morgan fingerprint density at radius 1 is 1.29 bits per heavy atom. The van der Waals surface area contributed by atoms with Crippen LogP contribution in [-0.4, -0.2) is 9.97 Å². The third-order valence-corrected chi connectivity index (χ3v) is 4.34. The lowest BCUT2D eigenvalue weighted by molar-refractivity contribution is 0.626. The number of halogens is 3. The molecule has 1 heterocycles. The van der Waals surface area contributed by atoms with Crippen molar-refractivity contribution in [3.05, 3.63) is 50.8 Å². The summed E-state index contributed by atoms with van der Waals surface area (Å²) < 4.78 is 13.5. The van der Waals surface area contributed by atoms with Gasteiger partial charge in [-0.15, -0.1) is 11.8 Å². The van der Waals surface area contributed by atoms with Crippen LogP contribution in [0.5, 0.6) is 0 Å². The fourth-order valence-corrected chi connectivity index (χ4v) is 2.30. The van der Waals surface area contributed by atoms with Gasteiger partial charge in [-0.2, -0.15) is 0 Å². The Balaban J connectivity index is 2.02. The summed E-state index contributed by atoms with van der Waals surface area (Å²) in [7, 11) is 0. The van der Waals surface area contributed by atoms with Crippen LogP contribution in [0.2, 0.25) is 5.15 Å². The molecule has 0 bridgehead atoms. The fourth-order valence-electron chi connectivity index (χ4n) is 1.13. The SMILES string of the molecule is Fc1ccc(SCc2ncc(I)c(Cl)n2)cc1. The molecule has 2 aromatic rings. The molecule has 17 heavy (non-hydrogen) atoms.